The number of hydrogen-bond acceptors (Lipinski definition) is 8. The van der Waals surface area contributed by atoms with Crippen LogP contribution in [0, 0.1) is 0 Å². The van der Waals surface area contributed by atoms with Gasteiger partial charge in [0.1, 0.15) is 5.75 Å². The number of likely N-dealkylation sites (tertiary alicyclic amines) is 1. The average Bonchev–Trinajstić information content (AvgIpc) is 3.40. The number of ether oxygens (including phenoxy) is 1. The van der Waals surface area contributed by atoms with E-state index >= 15 is 0 Å². The highest BCUT2D eigenvalue weighted by atomic mass is 35.5. The molecule has 218 valence electrons. The van der Waals surface area contributed by atoms with Gasteiger partial charge in [0.2, 0.25) is 0 Å². The summed E-state index contributed by atoms with van der Waals surface area (Å²) in [7, 11) is -2.60. The zero-order chi connectivity index (χ0) is 29.7. The molecular weight excluding hydrogens is 574 g/mol. The molecule has 42 heavy (non-hydrogen) atoms. The highest BCUT2D eigenvalue weighted by Gasteiger charge is 2.21. The molecule has 9 nitrogen and oxygen atoms in total. The molecule has 0 bridgehead atoms. The Labute approximate surface area is 250 Å². The zero-order valence-corrected chi connectivity index (χ0v) is 24.8. The van der Waals surface area contributed by atoms with Gasteiger partial charge < -0.3 is 15.0 Å². The Kier molecular flexibility index (Phi) is 8.94. The van der Waals surface area contributed by atoms with Crippen LogP contribution in [0.2, 0.25) is 5.02 Å². The first-order valence-corrected chi connectivity index (χ1v) is 15.6. The normalized spacial score (nSPS) is 13.4. The number of para-hydroxylation sites is 2. The maximum Gasteiger partial charge on any atom is 0.263 e. The van der Waals surface area contributed by atoms with E-state index in [2.05, 4.69) is 31.5 Å². The Morgan fingerprint density at radius 2 is 1.79 bits per heavy atom. The van der Waals surface area contributed by atoms with Crippen LogP contribution in [0.4, 0.5) is 17.3 Å². The van der Waals surface area contributed by atoms with Crippen LogP contribution in [0.15, 0.2) is 83.9 Å². The van der Waals surface area contributed by atoms with Crippen LogP contribution in [0.5, 0.6) is 5.75 Å². The van der Waals surface area contributed by atoms with Crippen LogP contribution in [-0.4, -0.2) is 49.3 Å². The second-order valence-corrected chi connectivity index (χ2v) is 12.1. The van der Waals surface area contributed by atoms with Gasteiger partial charge in [-0.3, -0.25) is 9.52 Å². The summed E-state index contributed by atoms with van der Waals surface area (Å²) in [4.78, 5) is 24.3. The van der Waals surface area contributed by atoms with Crippen LogP contribution in [0.25, 0.3) is 11.0 Å². The third kappa shape index (κ3) is 6.83. The van der Waals surface area contributed by atoms with Gasteiger partial charge in [0.25, 0.3) is 10.0 Å². The first kappa shape index (κ1) is 29.3. The van der Waals surface area contributed by atoms with Crippen LogP contribution >= 0.6 is 11.6 Å². The number of Topliss-reactive ketones (excluding diaryl/α,β-unsaturated/α-hetero) is 1. The summed E-state index contributed by atoms with van der Waals surface area (Å²) < 4.78 is 34.9. The molecule has 0 aliphatic carbocycles. The van der Waals surface area contributed by atoms with Gasteiger partial charge in [-0.05, 0) is 62.1 Å². The molecule has 5 rings (SSSR count). The molecule has 1 aromatic heterocycles. The number of fused-ring (bicyclic) bond motifs is 1. The minimum absolute atomic E-state index is 0.0205. The molecule has 2 heterocycles. The molecule has 1 aliphatic heterocycles. The van der Waals surface area contributed by atoms with Gasteiger partial charge >= 0.3 is 0 Å². The second kappa shape index (κ2) is 12.8. The second-order valence-electron chi connectivity index (χ2n) is 10.1. The number of allylic oxidation sites excluding steroid dienone is 1. The number of methoxy groups -OCH3 is 1. The summed E-state index contributed by atoms with van der Waals surface area (Å²) in [6.45, 7) is 5.99. The van der Waals surface area contributed by atoms with Crippen LogP contribution in [-0.2, 0) is 10.0 Å². The number of ketones is 1. The van der Waals surface area contributed by atoms with Crippen molar-refractivity contribution in [3.63, 3.8) is 0 Å². The predicted molar refractivity (Wildman–Crippen MR) is 166 cm³/mol. The fourth-order valence-electron chi connectivity index (χ4n) is 4.83. The molecular formula is C31H32ClN5O4S. The highest BCUT2D eigenvalue weighted by Crippen LogP contribution is 2.33. The van der Waals surface area contributed by atoms with Crippen LogP contribution in [0.3, 0.4) is 0 Å². The Morgan fingerprint density at radius 1 is 1.02 bits per heavy atom. The number of sulfonamides is 1. The van der Waals surface area contributed by atoms with Gasteiger partial charge in [-0.15, -0.1) is 0 Å². The summed E-state index contributed by atoms with van der Waals surface area (Å²) in [5.41, 5.74) is 3.02. The molecule has 1 saturated heterocycles. The van der Waals surface area contributed by atoms with Crippen molar-refractivity contribution in [3.05, 3.63) is 89.6 Å². The monoisotopic (exact) mass is 605 g/mol. The molecule has 0 radical (unpaired) electrons. The lowest BCUT2D eigenvalue weighted by Gasteiger charge is -2.18. The van der Waals surface area contributed by atoms with Gasteiger partial charge in [-0.1, -0.05) is 42.4 Å². The Morgan fingerprint density at radius 3 is 2.50 bits per heavy atom. The molecule has 1 aliphatic rings. The summed E-state index contributed by atoms with van der Waals surface area (Å²) in [6, 6.07) is 18.2. The van der Waals surface area contributed by atoms with Gasteiger partial charge in [-0.25, -0.2) is 18.4 Å². The van der Waals surface area contributed by atoms with Crippen molar-refractivity contribution < 1.29 is 17.9 Å². The SMILES string of the molecule is C=C1CCCN1CCCCC(=O)c1cccc(S(=O)(=O)Nc2nc3ccccc3nc2Nc2cc(OC)ccc2Cl)c1. The number of nitrogens with one attached hydrogen (secondary N) is 2. The van der Waals surface area contributed by atoms with Crippen LogP contribution in [0.1, 0.15) is 42.5 Å². The van der Waals surface area contributed by atoms with E-state index in [9.17, 15) is 13.2 Å². The van der Waals surface area contributed by atoms with E-state index < -0.39 is 10.0 Å². The number of halogens is 1. The van der Waals surface area contributed by atoms with E-state index in [1.165, 1.54) is 19.2 Å². The lowest BCUT2D eigenvalue weighted by molar-refractivity contribution is 0.0978. The maximum absolute atomic E-state index is 13.5. The number of carbonyl (C=O) groups excluding carboxylic acids is 1. The fourth-order valence-corrected chi connectivity index (χ4v) is 6.05. The molecule has 3 aromatic carbocycles. The number of aromatic nitrogens is 2. The number of nitrogens with zero attached hydrogens (tertiary/aromatic N) is 3. The van der Waals surface area contributed by atoms with Gasteiger partial charge in [-0.2, -0.15) is 0 Å². The van der Waals surface area contributed by atoms with Crippen molar-refractivity contribution in [2.75, 3.05) is 30.2 Å². The third-order valence-corrected chi connectivity index (χ3v) is 8.78. The van der Waals surface area contributed by atoms with Gasteiger partial charge in [0, 0.05) is 36.8 Å². The minimum Gasteiger partial charge on any atom is -0.497 e. The topological polar surface area (TPSA) is 114 Å². The Bertz CT molecular complexity index is 1740. The molecule has 0 spiro atoms. The first-order valence-electron chi connectivity index (χ1n) is 13.7. The predicted octanol–water partition coefficient (Wildman–Crippen LogP) is 6.80. The molecule has 0 unspecified atom stereocenters. The van der Waals surface area contributed by atoms with Crippen molar-refractivity contribution >= 4 is 55.8 Å². The number of rotatable bonds is 12. The number of benzene rings is 3. The zero-order valence-electron chi connectivity index (χ0n) is 23.3. The van der Waals surface area contributed by atoms with Crippen molar-refractivity contribution in [2.24, 2.45) is 0 Å². The van der Waals surface area contributed by atoms with E-state index in [4.69, 9.17) is 16.3 Å². The standard InChI is InChI=1S/C31H32ClN5O4S/c1-21-9-8-18-37(21)17-6-5-14-29(38)22-10-7-11-24(19-22)42(39,40)36-31-30(33-26-12-3-4-13-27(26)34-31)35-28-20-23(41-2)15-16-25(28)32/h3-4,7,10-13,15-16,19-20H,1,5-6,8-9,14,17-18H2,2H3,(H,33,35)(H,34,36). The Hall–Kier alpha value is -4.15. The van der Waals surface area contributed by atoms with Crippen LogP contribution < -0.4 is 14.8 Å². The molecule has 1 fully saturated rings. The van der Waals surface area contributed by atoms with Crippen molar-refractivity contribution in [1.82, 2.24) is 14.9 Å². The molecule has 4 aromatic rings. The first-order chi connectivity index (χ1) is 20.2. The smallest absolute Gasteiger partial charge is 0.263 e. The van der Waals surface area contributed by atoms with E-state index in [1.54, 1.807) is 48.5 Å². The van der Waals surface area contributed by atoms with Gasteiger partial charge in [0.05, 0.1) is 33.7 Å². The summed E-state index contributed by atoms with van der Waals surface area (Å²) in [5, 5.41) is 3.47. The van der Waals surface area contributed by atoms with E-state index in [0.717, 1.165) is 38.0 Å². The molecule has 11 heteroatoms. The maximum atomic E-state index is 13.5. The van der Waals surface area contributed by atoms with E-state index in [-0.39, 0.29) is 22.3 Å². The molecule has 2 N–H and O–H groups in total. The van der Waals surface area contributed by atoms with Crippen molar-refractivity contribution in [1.29, 1.82) is 0 Å². The molecule has 0 saturated carbocycles. The number of hydrogen-bond donors (Lipinski definition) is 2. The minimum atomic E-state index is -4.14. The lowest BCUT2D eigenvalue weighted by Crippen LogP contribution is -2.18. The average molecular weight is 606 g/mol. The largest absolute Gasteiger partial charge is 0.497 e. The van der Waals surface area contributed by atoms with Crippen molar-refractivity contribution in [3.8, 4) is 5.75 Å². The summed E-state index contributed by atoms with van der Waals surface area (Å²) in [6.07, 6.45) is 4.09. The lowest BCUT2D eigenvalue weighted by atomic mass is 10.1. The van der Waals surface area contributed by atoms with Gasteiger partial charge in [0.15, 0.2) is 17.4 Å². The Balaban J connectivity index is 1.35. The van der Waals surface area contributed by atoms with Crippen molar-refractivity contribution in [2.45, 2.75) is 37.0 Å². The third-order valence-electron chi connectivity index (χ3n) is 7.12. The summed E-state index contributed by atoms with van der Waals surface area (Å²) in [5.74, 6) is 0.585. The number of anilines is 3. The number of unbranched alkanes of at least 4 members (excludes halogenated alkanes) is 1. The molecule has 0 atom stereocenters. The molecule has 0 amide bonds. The van der Waals surface area contributed by atoms with E-state index in [1.807, 2.05) is 6.07 Å². The fraction of sp³-hybridized carbons (Fsp3) is 0.258. The quantitative estimate of drug-likeness (QED) is 0.134. The number of carbonyl (C=O) groups is 1. The van der Waals surface area contributed by atoms with E-state index in [0.29, 0.717) is 45.9 Å². The highest BCUT2D eigenvalue weighted by molar-refractivity contribution is 7.92. The summed E-state index contributed by atoms with van der Waals surface area (Å²) >= 11 is 6.39.